The molecular formula is C23H25ClN4O. The van der Waals surface area contributed by atoms with E-state index in [1.54, 1.807) is 6.20 Å². The van der Waals surface area contributed by atoms with Crippen LogP contribution in [0.25, 0.3) is 11.3 Å². The fourth-order valence-corrected chi connectivity index (χ4v) is 3.28. The molecule has 5 nitrogen and oxygen atoms in total. The van der Waals surface area contributed by atoms with E-state index >= 15 is 0 Å². The summed E-state index contributed by atoms with van der Waals surface area (Å²) in [5.74, 6) is -0.0233. The van der Waals surface area contributed by atoms with Gasteiger partial charge in [-0.3, -0.25) is 9.69 Å². The number of carbonyl (C=O) groups excluding carboxylic acids is 1. The Hall–Kier alpha value is -2.76. The number of nitrogens with one attached hydrogen (secondary N) is 1. The number of aromatic nitrogens is 2. The summed E-state index contributed by atoms with van der Waals surface area (Å²) in [6.07, 6.45) is 2.56. The lowest BCUT2D eigenvalue weighted by atomic mass is 10.1. The van der Waals surface area contributed by atoms with E-state index in [4.69, 9.17) is 11.6 Å². The first-order valence-corrected chi connectivity index (χ1v) is 10.2. The molecule has 150 valence electrons. The van der Waals surface area contributed by atoms with Crippen molar-refractivity contribution in [3.63, 3.8) is 0 Å². The van der Waals surface area contributed by atoms with E-state index in [1.165, 1.54) is 5.56 Å². The lowest BCUT2D eigenvalue weighted by molar-refractivity contribution is 0.0951. The number of rotatable bonds is 9. The zero-order chi connectivity index (χ0) is 20.5. The molecule has 1 amide bonds. The number of benzene rings is 2. The van der Waals surface area contributed by atoms with Crippen LogP contribution in [-0.2, 0) is 6.54 Å². The molecule has 0 unspecified atom stereocenters. The standard InChI is InChI=1S/C23H25ClN4O/c1-2-28(15-7-13-25-22(29)19-9-4-3-5-10-19)17-18-8-6-11-20(16-18)21-12-14-26-23(24)27-21/h3-6,8-12,14,16H,2,7,13,15,17H2,1H3,(H,25,29). The van der Waals surface area contributed by atoms with Crippen LogP contribution in [0.4, 0.5) is 0 Å². The maximum absolute atomic E-state index is 12.1. The highest BCUT2D eigenvalue weighted by molar-refractivity contribution is 6.28. The van der Waals surface area contributed by atoms with Crippen molar-refractivity contribution in [1.82, 2.24) is 20.2 Å². The Morgan fingerprint density at radius 1 is 1.10 bits per heavy atom. The molecule has 0 spiro atoms. The van der Waals surface area contributed by atoms with Crippen LogP contribution in [0.5, 0.6) is 0 Å². The Morgan fingerprint density at radius 2 is 1.93 bits per heavy atom. The largest absolute Gasteiger partial charge is 0.352 e. The number of hydrogen-bond acceptors (Lipinski definition) is 4. The molecule has 0 saturated heterocycles. The minimum absolute atomic E-state index is 0.0233. The van der Waals surface area contributed by atoms with Gasteiger partial charge in [0.2, 0.25) is 5.28 Å². The minimum atomic E-state index is -0.0233. The molecule has 3 rings (SSSR count). The SMILES string of the molecule is CCN(CCCNC(=O)c1ccccc1)Cc1cccc(-c2ccnc(Cl)n2)c1. The van der Waals surface area contributed by atoms with Crippen LogP contribution in [-0.4, -0.2) is 40.4 Å². The fourth-order valence-electron chi connectivity index (χ4n) is 3.13. The van der Waals surface area contributed by atoms with Crippen molar-refractivity contribution >= 4 is 17.5 Å². The maximum atomic E-state index is 12.1. The van der Waals surface area contributed by atoms with Crippen molar-refractivity contribution in [3.05, 3.63) is 83.3 Å². The van der Waals surface area contributed by atoms with Gasteiger partial charge in [-0.1, -0.05) is 43.3 Å². The van der Waals surface area contributed by atoms with Gasteiger partial charge in [0, 0.05) is 37.0 Å². The van der Waals surface area contributed by atoms with Gasteiger partial charge in [0.1, 0.15) is 0 Å². The van der Waals surface area contributed by atoms with Gasteiger partial charge in [0.15, 0.2) is 0 Å². The van der Waals surface area contributed by atoms with E-state index in [2.05, 4.69) is 39.2 Å². The molecule has 0 aliphatic heterocycles. The molecule has 1 heterocycles. The summed E-state index contributed by atoms with van der Waals surface area (Å²) < 4.78 is 0. The molecule has 1 N–H and O–H groups in total. The summed E-state index contributed by atoms with van der Waals surface area (Å²) in [6, 6.07) is 19.5. The third-order valence-corrected chi connectivity index (χ3v) is 4.86. The monoisotopic (exact) mass is 408 g/mol. The van der Waals surface area contributed by atoms with E-state index in [1.807, 2.05) is 48.5 Å². The predicted octanol–water partition coefficient (Wildman–Crippen LogP) is 4.44. The average Bonchev–Trinajstić information content (AvgIpc) is 2.76. The van der Waals surface area contributed by atoms with Crippen molar-refractivity contribution in [3.8, 4) is 11.3 Å². The summed E-state index contributed by atoms with van der Waals surface area (Å²) >= 11 is 5.91. The number of hydrogen-bond donors (Lipinski definition) is 1. The molecule has 0 aliphatic carbocycles. The van der Waals surface area contributed by atoms with E-state index < -0.39 is 0 Å². The zero-order valence-corrected chi connectivity index (χ0v) is 17.3. The molecule has 1 aromatic heterocycles. The highest BCUT2D eigenvalue weighted by atomic mass is 35.5. The van der Waals surface area contributed by atoms with Gasteiger partial charge in [-0.25, -0.2) is 9.97 Å². The van der Waals surface area contributed by atoms with Gasteiger partial charge in [-0.15, -0.1) is 0 Å². The fraction of sp³-hybridized carbons (Fsp3) is 0.261. The van der Waals surface area contributed by atoms with Gasteiger partial charge in [0.25, 0.3) is 5.91 Å². The number of nitrogens with zero attached hydrogens (tertiary/aromatic N) is 3. The van der Waals surface area contributed by atoms with E-state index in [0.29, 0.717) is 12.1 Å². The van der Waals surface area contributed by atoms with Crippen LogP contribution < -0.4 is 5.32 Å². The second-order valence-corrected chi connectivity index (χ2v) is 7.09. The van der Waals surface area contributed by atoms with Crippen LogP contribution in [0, 0.1) is 0 Å². The Balaban J connectivity index is 1.51. The highest BCUT2D eigenvalue weighted by Gasteiger charge is 2.08. The maximum Gasteiger partial charge on any atom is 0.251 e. The first-order chi connectivity index (χ1) is 14.2. The first kappa shape index (κ1) is 21.0. The Kier molecular flexibility index (Phi) is 7.73. The van der Waals surface area contributed by atoms with E-state index in [0.717, 1.165) is 37.3 Å². The van der Waals surface area contributed by atoms with E-state index in [-0.39, 0.29) is 11.2 Å². The van der Waals surface area contributed by atoms with Crippen LogP contribution in [0.1, 0.15) is 29.3 Å². The lowest BCUT2D eigenvalue weighted by Gasteiger charge is -2.21. The zero-order valence-electron chi connectivity index (χ0n) is 16.5. The van der Waals surface area contributed by atoms with Gasteiger partial charge < -0.3 is 5.32 Å². The van der Waals surface area contributed by atoms with Crippen molar-refractivity contribution in [1.29, 1.82) is 0 Å². The molecule has 0 fully saturated rings. The second kappa shape index (κ2) is 10.7. The average molecular weight is 409 g/mol. The van der Waals surface area contributed by atoms with Crippen molar-refractivity contribution < 1.29 is 4.79 Å². The van der Waals surface area contributed by atoms with Gasteiger partial charge in [0.05, 0.1) is 5.69 Å². The summed E-state index contributed by atoms with van der Waals surface area (Å²) in [5.41, 5.74) is 3.75. The normalized spacial score (nSPS) is 10.9. The Bertz CT molecular complexity index is 933. The van der Waals surface area contributed by atoms with Gasteiger partial charge >= 0.3 is 0 Å². The van der Waals surface area contributed by atoms with Crippen molar-refractivity contribution in [2.75, 3.05) is 19.6 Å². The molecule has 3 aromatic rings. The van der Waals surface area contributed by atoms with Gasteiger partial charge in [-0.05, 0) is 54.4 Å². The Morgan fingerprint density at radius 3 is 2.69 bits per heavy atom. The molecule has 0 radical (unpaired) electrons. The molecule has 0 atom stereocenters. The first-order valence-electron chi connectivity index (χ1n) is 9.79. The number of halogens is 1. The Labute approximate surface area is 176 Å². The van der Waals surface area contributed by atoms with E-state index in [9.17, 15) is 4.79 Å². The summed E-state index contributed by atoms with van der Waals surface area (Å²) in [7, 11) is 0. The third kappa shape index (κ3) is 6.38. The van der Waals surface area contributed by atoms with Crippen LogP contribution in [0.2, 0.25) is 5.28 Å². The summed E-state index contributed by atoms with van der Waals surface area (Å²) in [5, 5.41) is 3.24. The smallest absolute Gasteiger partial charge is 0.251 e. The van der Waals surface area contributed by atoms with Crippen LogP contribution in [0.15, 0.2) is 66.9 Å². The topological polar surface area (TPSA) is 58.1 Å². The lowest BCUT2D eigenvalue weighted by Crippen LogP contribution is -2.29. The molecule has 0 bridgehead atoms. The van der Waals surface area contributed by atoms with Crippen LogP contribution in [0.3, 0.4) is 0 Å². The second-order valence-electron chi connectivity index (χ2n) is 6.76. The summed E-state index contributed by atoms with van der Waals surface area (Å²) in [6.45, 7) is 5.50. The van der Waals surface area contributed by atoms with Crippen LogP contribution >= 0.6 is 11.6 Å². The highest BCUT2D eigenvalue weighted by Crippen LogP contribution is 2.20. The molecule has 0 aliphatic rings. The summed E-state index contributed by atoms with van der Waals surface area (Å²) in [4.78, 5) is 22.7. The molecule has 2 aromatic carbocycles. The molecule has 0 saturated carbocycles. The van der Waals surface area contributed by atoms with Crippen molar-refractivity contribution in [2.45, 2.75) is 19.9 Å². The minimum Gasteiger partial charge on any atom is -0.352 e. The number of carbonyl (C=O) groups is 1. The van der Waals surface area contributed by atoms with Crippen molar-refractivity contribution in [2.24, 2.45) is 0 Å². The molecular weight excluding hydrogens is 384 g/mol. The number of amides is 1. The quantitative estimate of drug-likeness (QED) is 0.420. The molecule has 29 heavy (non-hydrogen) atoms. The third-order valence-electron chi connectivity index (χ3n) is 4.67. The van der Waals surface area contributed by atoms with Gasteiger partial charge in [-0.2, -0.15) is 0 Å². The predicted molar refractivity (Wildman–Crippen MR) is 117 cm³/mol. The molecule has 6 heteroatoms.